The van der Waals surface area contributed by atoms with Gasteiger partial charge in [0.25, 0.3) is 0 Å². The lowest BCUT2D eigenvalue weighted by atomic mass is 10.0. The molecule has 0 fully saturated rings. The summed E-state index contributed by atoms with van der Waals surface area (Å²) in [6.07, 6.45) is 2.36. The van der Waals surface area contributed by atoms with Gasteiger partial charge in [-0.15, -0.1) is 0 Å². The molecule has 1 unspecified atom stereocenters. The zero-order chi connectivity index (χ0) is 21.0. The van der Waals surface area contributed by atoms with E-state index >= 15 is 0 Å². The van der Waals surface area contributed by atoms with E-state index in [-0.39, 0.29) is 15.5 Å². The number of carboxylic acids is 1. The lowest BCUT2D eigenvalue weighted by Gasteiger charge is -2.17. The molecule has 2 aromatic carbocycles. The molecule has 0 aliphatic carbocycles. The van der Waals surface area contributed by atoms with E-state index in [1.165, 1.54) is 12.3 Å². The quantitative estimate of drug-likeness (QED) is 0.546. The highest BCUT2D eigenvalue weighted by Gasteiger charge is 2.25. The fraction of sp³-hybridized carbons (Fsp3) is 0.190. The maximum Gasteiger partial charge on any atom is 0.336 e. The summed E-state index contributed by atoms with van der Waals surface area (Å²) in [6, 6.07) is 14.6. The van der Waals surface area contributed by atoms with E-state index in [2.05, 4.69) is 4.72 Å². The van der Waals surface area contributed by atoms with Gasteiger partial charge in [0.2, 0.25) is 10.0 Å². The Kier molecular flexibility index (Phi) is 6.42. The summed E-state index contributed by atoms with van der Waals surface area (Å²) in [7, 11) is -4.03. The van der Waals surface area contributed by atoms with Crippen molar-refractivity contribution in [2.75, 3.05) is 0 Å². The fourth-order valence-electron chi connectivity index (χ4n) is 3.03. The topological polar surface area (TPSA) is 96.6 Å². The third-order valence-electron chi connectivity index (χ3n) is 4.53. The second-order valence-corrected chi connectivity index (χ2v) is 8.67. The van der Waals surface area contributed by atoms with Gasteiger partial charge in [-0.3, -0.25) is 0 Å². The zero-order valence-corrected chi connectivity index (χ0v) is 17.2. The monoisotopic (exact) mass is 433 g/mol. The van der Waals surface area contributed by atoms with Crippen molar-refractivity contribution >= 4 is 27.6 Å². The molecule has 1 aromatic heterocycles. The van der Waals surface area contributed by atoms with Crippen molar-refractivity contribution in [3.63, 3.8) is 0 Å². The van der Waals surface area contributed by atoms with Crippen molar-refractivity contribution < 1.29 is 22.7 Å². The molecule has 2 N–H and O–H groups in total. The van der Waals surface area contributed by atoms with Gasteiger partial charge >= 0.3 is 5.97 Å². The highest BCUT2D eigenvalue weighted by molar-refractivity contribution is 7.89. The molecule has 1 heterocycles. The van der Waals surface area contributed by atoms with Crippen LogP contribution in [0.25, 0.3) is 0 Å². The average Bonchev–Trinajstić information content (AvgIpc) is 3.20. The summed E-state index contributed by atoms with van der Waals surface area (Å²) < 4.78 is 33.5. The number of benzene rings is 2. The van der Waals surface area contributed by atoms with Crippen LogP contribution < -0.4 is 4.72 Å². The molecule has 0 aliphatic rings. The normalized spacial score (nSPS) is 12.6. The zero-order valence-electron chi connectivity index (χ0n) is 15.6. The fourth-order valence-corrected chi connectivity index (χ4v) is 4.83. The second-order valence-electron chi connectivity index (χ2n) is 6.58. The molecule has 6 nitrogen and oxygen atoms in total. The standard InChI is InChI=1S/C21H20ClNO5S/c1-14(15-6-3-2-4-7-15)23-29(26,27)20-13-18(21(24)25)16(12-19(20)22)9-10-17-8-5-11-28-17/h2-8,11-14,23H,9-10H2,1H3,(H,24,25). The molecular weight excluding hydrogens is 414 g/mol. The summed E-state index contributed by atoms with van der Waals surface area (Å²) in [5.74, 6) is -0.517. The van der Waals surface area contributed by atoms with E-state index in [0.29, 0.717) is 24.2 Å². The molecule has 29 heavy (non-hydrogen) atoms. The van der Waals surface area contributed by atoms with Crippen LogP contribution in [-0.2, 0) is 22.9 Å². The van der Waals surface area contributed by atoms with Gasteiger partial charge in [-0.05, 0) is 48.7 Å². The number of hydrogen-bond acceptors (Lipinski definition) is 4. The van der Waals surface area contributed by atoms with Gasteiger partial charge in [-0.25, -0.2) is 17.9 Å². The molecule has 0 amide bonds. The maximum absolute atomic E-state index is 12.9. The predicted octanol–water partition coefficient (Wildman–Crippen LogP) is 4.46. The smallest absolute Gasteiger partial charge is 0.336 e. The number of aromatic carboxylic acids is 1. The van der Waals surface area contributed by atoms with E-state index in [4.69, 9.17) is 16.0 Å². The van der Waals surface area contributed by atoms with Gasteiger partial charge < -0.3 is 9.52 Å². The summed E-state index contributed by atoms with van der Waals surface area (Å²) >= 11 is 6.25. The molecule has 0 saturated carbocycles. The summed E-state index contributed by atoms with van der Waals surface area (Å²) in [6.45, 7) is 1.70. The lowest BCUT2D eigenvalue weighted by Crippen LogP contribution is -2.27. The Labute approximate surface area is 174 Å². The van der Waals surface area contributed by atoms with Crippen molar-refractivity contribution in [2.24, 2.45) is 0 Å². The number of carbonyl (C=O) groups is 1. The number of hydrogen-bond donors (Lipinski definition) is 2. The number of halogens is 1. The third kappa shape index (κ3) is 5.06. The molecule has 8 heteroatoms. The number of rotatable bonds is 8. The van der Waals surface area contributed by atoms with Crippen molar-refractivity contribution in [3.05, 3.63) is 88.3 Å². The SMILES string of the molecule is CC(NS(=O)(=O)c1cc(C(=O)O)c(CCc2ccco2)cc1Cl)c1ccccc1. The molecule has 152 valence electrons. The Morgan fingerprint density at radius 1 is 1.14 bits per heavy atom. The molecule has 3 aromatic rings. The number of furan rings is 1. The first kappa shape index (κ1) is 21.1. The molecule has 0 radical (unpaired) electrons. The van der Waals surface area contributed by atoms with E-state index < -0.39 is 22.0 Å². The Morgan fingerprint density at radius 2 is 1.86 bits per heavy atom. The minimum Gasteiger partial charge on any atom is -0.478 e. The molecule has 3 rings (SSSR count). The third-order valence-corrected chi connectivity index (χ3v) is 6.54. The van der Waals surface area contributed by atoms with Gasteiger partial charge in [0, 0.05) is 12.5 Å². The summed E-state index contributed by atoms with van der Waals surface area (Å²) in [5.41, 5.74) is 1.11. The van der Waals surface area contributed by atoms with E-state index in [0.717, 1.165) is 11.6 Å². The Balaban J connectivity index is 1.90. The minimum atomic E-state index is -4.03. The van der Waals surface area contributed by atoms with Crippen LogP contribution in [0.1, 0.15) is 40.2 Å². The first-order chi connectivity index (χ1) is 13.8. The van der Waals surface area contributed by atoms with E-state index in [9.17, 15) is 18.3 Å². The molecule has 1 atom stereocenters. The van der Waals surface area contributed by atoms with Crippen molar-refractivity contribution in [3.8, 4) is 0 Å². The van der Waals surface area contributed by atoms with Gasteiger partial charge in [-0.2, -0.15) is 0 Å². The van der Waals surface area contributed by atoms with Gasteiger partial charge in [0.05, 0.1) is 16.8 Å². The summed E-state index contributed by atoms with van der Waals surface area (Å²) in [5, 5.41) is 9.55. The second kappa shape index (κ2) is 8.82. The molecule has 0 saturated heterocycles. The Morgan fingerprint density at radius 3 is 2.48 bits per heavy atom. The largest absolute Gasteiger partial charge is 0.478 e. The molecular formula is C21H20ClNO5S. The number of nitrogens with one attached hydrogen (secondary N) is 1. The highest BCUT2D eigenvalue weighted by atomic mass is 35.5. The van der Waals surface area contributed by atoms with E-state index in [1.54, 1.807) is 31.2 Å². The average molecular weight is 434 g/mol. The first-order valence-corrected chi connectivity index (χ1v) is 10.8. The predicted molar refractivity (Wildman–Crippen MR) is 110 cm³/mol. The number of carboxylic acid groups (broad SMARTS) is 1. The van der Waals surface area contributed by atoms with Gasteiger partial charge in [0.15, 0.2) is 0 Å². The van der Waals surface area contributed by atoms with Crippen LogP contribution in [-0.4, -0.2) is 19.5 Å². The van der Waals surface area contributed by atoms with Gasteiger partial charge in [-0.1, -0.05) is 41.9 Å². The van der Waals surface area contributed by atoms with Crippen LogP contribution >= 0.6 is 11.6 Å². The van der Waals surface area contributed by atoms with Crippen molar-refractivity contribution in [1.29, 1.82) is 0 Å². The van der Waals surface area contributed by atoms with Crippen LogP contribution in [0.15, 0.2) is 70.2 Å². The molecule has 0 aliphatic heterocycles. The maximum atomic E-state index is 12.9. The van der Waals surface area contributed by atoms with E-state index in [1.807, 2.05) is 18.2 Å². The van der Waals surface area contributed by atoms with Crippen LogP contribution in [0.2, 0.25) is 5.02 Å². The number of sulfonamides is 1. The van der Waals surface area contributed by atoms with Crippen LogP contribution in [0, 0.1) is 0 Å². The minimum absolute atomic E-state index is 0.0304. The molecule has 0 spiro atoms. The summed E-state index contributed by atoms with van der Waals surface area (Å²) in [4.78, 5) is 11.5. The lowest BCUT2D eigenvalue weighted by molar-refractivity contribution is 0.0695. The highest BCUT2D eigenvalue weighted by Crippen LogP contribution is 2.28. The number of aryl methyl sites for hydroxylation is 2. The van der Waals surface area contributed by atoms with Crippen LogP contribution in [0.4, 0.5) is 0 Å². The van der Waals surface area contributed by atoms with Gasteiger partial charge in [0.1, 0.15) is 10.7 Å². The van der Waals surface area contributed by atoms with Crippen LogP contribution in [0.5, 0.6) is 0 Å². The molecule has 0 bridgehead atoms. The first-order valence-electron chi connectivity index (χ1n) is 8.93. The van der Waals surface area contributed by atoms with Crippen molar-refractivity contribution in [1.82, 2.24) is 4.72 Å². The Bertz CT molecular complexity index is 1100. The Hall–Kier alpha value is -2.61. The van der Waals surface area contributed by atoms with Crippen LogP contribution in [0.3, 0.4) is 0 Å². The van der Waals surface area contributed by atoms with Crippen molar-refractivity contribution in [2.45, 2.75) is 30.7 Å².